The Balaban J connectivity index is 1.80. The molecule has 0 saturated carbocycles. The standard InChI is InChI=1S/C22H26N2O4/c1-15(26)24-19(12-23-21(27)14-28-2)22(20(24)13-25)18-10-8-17(9-11-18)16-6-4-3-5-7-16/h3-11,19-20,22,25H,12-14H2,1-2H3,(H,23,27)/t19-,20+,22+/m1/s1. The summed E-state index contributed by atoms with van der Waals surface area (Å²) in [4.78, 5) is 25.5. The van der Waals surface area contributed by atoms with Gasteiger partial charge in [0.1, 0.15) is 6.61 Å². The van der Waals surface area contributed by atoms with Gasteiger partial charge in [-0.1, -0.05) is 54.6 Å². The summed E-state index contributed by atoms with van der Waals surface area (Å²) in [6.45, 7) is 1.67. The van der Waals surface area contributed by atoms with Gasteiger partial charge < -0.3 is 20.1 Å². The van der Waals surface area contributed by atoms with Crippen LogP contribution in [0.15, 0.2) is 54.6 Å². The lowest BCUT2D eigenvalue weighted by atomic mass is 9.74. The maximum Gasteiger partial charge on any atom is 0.246 e. The van der Waals surface area contributed by atoms with E-state index in [1.165, 1.54) is 14.0 Å². The lowest BCUT2D eigenvalue weighted by Crippen LogP contribution is -2.68. The van der Waals surface area contributed by atoms with E-state index < -0.39 is 0 Å². The quantitative estimate of drug-likeness (QED) is 0.765. The molecule has 148 valence electrons. The Labute approximate surface area is 165 Å². The molecule has 0 radical (unpaired) electrons. The molecule has 1 saturated heterocycles. The van der Waals surface area contributed by atoms with Gasteiger partial charge in [-0.25, -0.2) is 0 Å². The minimum atomic E-state index is -0.288. The number of rotatable bonds is 7. The summed E-state index contributed by atoms with van der Waals surface area (Å²) in [7, 11) is 1.46. The van der Waals surface area contributed by atoms with Crippen molar-refractivity contribution in [3.05, 3.63) is 60.2 Å². The lowest BCUT2D eigenvalue weighted by molar-refractivity contribution is -0.148. The molecule has 2 amide bonds. The lowest BCUT2D eigenvalue weighted by Gasteiger charge is -2.54. The molecule has 0 spiro atoms. The van der Waals surface area contributed by atoms with Gasteiger partial charge >= 0.3 is 0 Å². The highest BCUT2D eigenvalue weighted by Crippen LogP contribution is 2.41. The topological polar surface area (TPSA) is 78.9 Å². The van der Waals surface area contributed by atoms with E-state index in [1.54, 1.807) is 4.90 Å². The molecule has 1 aliphatic heterocycles. The highest BCUT2D eigenvalue weighted by molar-refractivity contribution is 5.78. The average molecular weight is 382 g/mol. The van der Waals surface area contributed by atoms with Crippen LogP contribution in [0, 0.1) is 0 Å². The van der Waals surface area contributed by atoms with Crippen molar-refractivity contribution in [3.63, 3.8) is 0 Å². The summed E-state index contributed by atoms with van der Waals surface area (Å²) < 4.78 is 4.84. The number of hydrogen-bond donors (Lipinski definition) is 2. The van der Waals surface area contributed by atoms with Crippen LogP contribution in [0.1, 0.15) is 18.4 Å². The number of hydrogen-bond acceptors (Lipinski definition) is 4. The molecule has 2 aromatic carbocycles. The third-order valence-corrected chi connectivity index (χ3v) is 5.28. The van der Waals surface area contributed by atoms with E-state index >= 15 is 0 Å². The maximum atomic E-state index is 12.1. The molecule has 0 aliphatic carbocycles. The number of ether oxygens (including phenoxy) is 1. The van der Waals surface area contributed by atoms with Gasteiger partial charge in [-0.15, -0.1) is 0 Å². The third kappa shape index (κ3) is 4.08. The molecule has 2 aromatic rings. The van der Waals surface area contributed by atoms with Crippen LogP contribution in [0.2, 0.25) is 0 Å². The molecule has 6 heteroatoms. The molecule has 1 heterocycles. The fourth-order valence-corrected chi connectivity index (χ4v) is 4.01. The van der Waals surface area contributed by atoms with Crippen LogP contribution in [0.25, 0.3) is 11.1 Å². The van der Waals surface area contributed by atoms with Gasteiger partial charge in [0.2, 0.25) is 11.8 Å². The van der Waals surface area contributed by atoms with Crippen LogP contribution in [0.5, 0.6) is 0 Å². The maximum absolute atomic E-state index is 12.1. The van der Waals surface area contributed by atoms with E-state index in [0.29, 0.717) is 6.54 Å². The number of amides is 2. The van der Waals surface area contributed by atoms with E-state index in [-0.39, 0.29) is 43.0 Å². The first-order valence-electron chi connectivity index (χ1n) is 9.37. The van der Waals surface area contributed by atoms with Gasteiger partial charge in [-0.3, -0.25) is 9.59 Å². The number of carbonyl (C=O) groups is 2. The summed E-state index contributed by atoms with van der Waals surface area (Å²) in [5.74, 6) is -0.375. The predicted octanol–water partition coefficient (Wildman–Crippen LogP) is 1.79. The summed E-state index contributed by atoms with van der Waals surface area (Å²) in [6.07, 6.45) is 0. The largest absolute Gasteiger partial charge is 0.394 e. The van der Waals surface area contributed by atoms with Gasteiger partial charge in [0.05, 0.1) is 18.7 Å². The SMILES string of the molecule is COCC(=O)NC[C@@H]1[C@H](c2ccc(-c3ccccc3)cc2)[C@H](CO)N1C(C)=O. The van der Waals surface area contributed by atoms with Gasteiger partial charge in [0, 0.05) is 26.5 Å². The minimum absolute atomic E-state index is 0.0212. The highest BCUT2D eigenvalue weighted by Gasteiger charge is 2.49. The normalized spacial score (nSPS) is 21.1. The van der Waals surface area contributed by atoms with E-state index in [2.05, 4.69) is 29.6 Å². The fourth-order valence-electron chi connectivity index (χ4n) is 4.01. The van der Waals surface area contributed by atoms with Crippen molar-refractivity contribution in [2.45, 2.75) is 24.9 Å². The Morgan fingerprint density at radius 2 is 1.68 bits per heavy atom. The first kappa shape index (κ1) is 20.0. The second kappa shape index (κ2) is 8.99. The third-order valence-electron chi connectivity index (χ3n) is 5.28. The van der Waals surface area contributed by atoms with E-state index in [9.17, 15) is 14.7 Å². The molecular formula is C22H26N2O4. The molecular weight excluding hydrogens is 356 g/mol. The van der Waals surface area contributed by atoms with Crippen LogP contribution in [0.3, 0.4) is 0 Å². The van der Waals surface area contributed by atoms with Gasteiger partial charge in [-0.2, -0.15) is 0 Å². The van der Waals surface area contributed by atoms with Crippen LogP contribution in [-0.4, -0.2) is 60.8 Å². The molecule has 6 nitrogen and oxygen atoms in total. The fraction of sp³-hybridized carbons (Fsp3) is 0.364. The van der Waals surface area contributed by atoms with Gasteiger partial charge in [-0.05, 0) is 16.7 Å². The zero-order chi connectivity index (χ0) is 20.1. The van der Waals surface area contributed by atoms with E-state index in [0.717, 1.165) is 16.7 Å². The van der Waals surface area contributed by atoms with Crippen molar-refractivity contribution in [1.82, 2.24) is 10.2 Å². The van der Waals surface area contributed by atoms with Crippen molar-refractivity contribution in [1.29, 1.82) is 0 Å². The minimum Gasteiger partial charge on any atom is -0.394 e. The number of benzene rings is 2. The first-order valence-corrected chi connectivity index (χ1v) is 9.37. The van der Waals surface area contributed by atoms with Crippen molar-refractivity contribution in [2.75, 3.05) is 26.9 Å². The molecule has 3 atom stereocenters. The second-order valence-corrected chi connectivity index (χ2v) is 6.99. The van der Waals surface area contributed by atoms with Gasteiger partial charge in [0.15, 0.2) is 0 Å². The van der Waals surface area contributed by atoms with Crippen LogP contribution < -0.4 is 5.32 Å². The van der Waals surface area contributed by atoms with Crippen LogP contribution >= 0.6 is 0 Å². The van der Waals surface area contributed by atoms with Crippen molar-refractivity contribution >= 4 is 11.8 Å². The number of nitrogens with one attached hydrogen (secondary N) is 1. The molecule has 0 bridgehead atoms. The van der Waals surface area contributed by atoms with Crippen molar-refractivity contribution < 1.29 is 19.4 Å². The molecule has 2 N–H and O–H groups in total. The number of aliphatic hydroxyl groups excluding tert-OH is 1. The zero-order valence-corrected chi connectivity index (χ0v) is 16.2. The van der Waals surface area contributed by atoms with Crippen molar-refractivity contribution in [3.8, 4) is 11.1 Å². The summed E-state index contributed by atoms with van der Waals surface area (Å²) in [5, 5.41) is 12.7. The highest BCUT2D eigenvalue weighted by atomic mass is 16.5. The summed E-state index contributed by atoms with van der Waals surface area (Å²) in [5.41, 5.74) is 3.29. The predicted molar refractivity (Wildman–Crippen MR) is 107 cm³/mol. The Morgan fingerprint density at radius 1 is 1.04 bits per heavy atom. The molecule has 1 fully saturated rings. The molecule has 0 unspecified atom stereocenters. The van der Waals surface area contributed by atoms with Crippen LogP contribution in [-0.2, 0) is 14.3 Å². The molecule has 3 rings (SSSR count). The van der Waals surface area contributed by atoms with Crippen molar-refractivity contribution in [2.24, 2.45) is 0 Å². The van der Waals surface area contributed by atoms with Crippen LogP contribution in [0.4, 0.5) is 0 Å². The van der Waals surface area contributed by atoms with E-state index in [1.807, 2.05) is 30.3 Å². The Morgan fingerprint density at radius 3 is 2.25 bits per heavy atom. The zero-order valence-electron chi connectivity index (χ0n) is 16.2. The summed E-state index contributed by atoms with van der Waals surface area (Å²) >= 11 is 0. The number of carbonyl (C=O) groups excluding carboxylic acids is 2. The smallest absolute Gasteiger partial charge is 0.246 e. The Bertz CT molecular complexity index is 807. The number of likely N-dealkylation sites (tertiary alicyclic amines) is 1. The Kier molecular flexibility index (Phi) is 6.44. The number of nitrogens with zero attached hydrogens (tertiary/aromatic N) is 1. The number of methoxy groups -OCH3 is 1. The monoisotopic (exact) mass is 382 g/mol. The molecule has 1 aliphatic rings. The molecule has 28 heavy (non-hydrogen) atoms. The summed E-state index contributed by atoms with van der Waals surface area (Å²) in [6, 6.07) is 17.8. The first-order chi connectivity index (χ1) is 13.6. The van der Waals surface area contributed by atoms with E-state index in [4.69, 9.17) is 4.74 Å². The Hall–Kier alpha value is -2.70. The number of aliphatic hydroxyl groups is 1. The average Bonchev–Trinajstić information content (AvgIpc) is 2.68. The molecule has 0 aromatic heterocycles. The second-order valence-electron chi connectivity index (χ2n) is 6.99. The van der Waals surface area contributed by atoms with Gasteiger partial charge in [0.25, 0.3) is 0 Å².